The number of hydrogen-bond acceptors (Lipinski definition) is 6. The number of carbonyl (C=O) groups excluding carboxylic acids is 3. The Bertz CT molecular complexity index is 1590. The van der Waals surface area contributed by atoms with Gasteiger partial charge >= 0.3 is 18.4 Å². The zero-order chi connectivity index (χ0) is 33.3. The Balaban J connectivity index is 1.55. The number of amides is 3. The van der Waals surface area contributed by atoms with Crippen LogP contribution in [0, 0.1) is 0 Å². The molecule has 45 heavy (non-hydrogen) atoms. The van der Waals surface area contributed by atoms with Gasteiger partial charge in [-0.25, -0.2) is 18.7 Å². The highest BCUT2D eigenvalue weighted by atomic mass is 19.4. The van der Waals surface area contributed by atoms with Gasteiger partial charge in [-0.3, -0.25) is 9.69 Å². The molecule has 0 saturated heterocycles. The fourth-order valence-corrected chi connectivity index (χ4v) is 4.48. The first-order valence-corrected chi connectivity index (χ1v) is 14.1. The topological polar surface area (TPSA) is 115 Å². The molecule has 0 spiro atoms. The van der Waals surface area contributed by atoms with E-state index in [0.717, 1.165) is 9.58 Å². The van der Waals surface area contributed by atoms with Crippen molar-refractivity contribution >= 4 is 23.8 Å². The van der Waals surface area contributed by atoms with E-state index in [0.29, 0.717) is 22.8 Å². The van der Waals surface area contributed by atoms with Crippen LogP contribution in [0.2, 0.25) is 0 Å². The van der Waals surface area contributed by atoms with E-state index in [2.05, 4.69) is 15.7 Å². The van der Waals surface area contributed by atoms with E-state index in [4.69, 9.17) is 9.47 Å². The van der Waals surface area contributed by atoms with E-state index >= 15 is 0 Å². The number of ether oxygens (including phenoxy) is 2. The smallest absolute Gasteiger partial charge is 0.435 e. The summed E-state index contributed by atoms with van der Waals surface area (Å²) >= 11 is 0. The van der Waals surface area contributed by atoms with Gasteiger partial charge in [-0.15, -0.1) is 0 Å². The largest absolute Gasteiger partial charge is 0.444 e. The molecule has 3 amide bonds. The fraction of sp³-hybridized carbons (Fsp3) is 0.419. The van der Waals surface area contributed by atoms with Crippen molar-refractivity contribution in [2.75, 3.05) is 5.32 Å². The lowest BCUT2D eigenvalue weighted by molar-refractivity contribution is -0.141. The molecule has 0 aliphatic carbocycles. The predicted molar refractivity (Wildman–Crippen MR) is 156 cm³/mol. The summed E-state index contributed by atoms with van der Waals surface area (Å²) in [6, 6.07) is 11.4. The van der Waals surface area contributed by atoms with Crippen molar-refractivity contribution in [3.63, 3.8) is 0 Å². The van der Waals surface area contributed by atoms with E-state index < -0.39 is 53.2 Å². The molecule has 0 saturated carbocycles. The summed E-state index contributed by atoms with van der Waals surface area (Å²) in [6.07, 6.45) is -8.15. The quantitative estimate of drug-likeness (QED) is 0.237. The minimum Gasteiger partial charge on any atom is -0.444 e. The molecule has 1 aromatic heterocycles. The Morgan fingerprint density at radius 2 is 1.62 bits per heavy atom. The molecule has 2 heterocycles. The van der Waals surface area contributed by atoms with Crippen LogP contribution in [0.5, 0.6) is 0 Å². The van der Waals surface area contributed by atoms with Crippen molar-refractivity contribution in [1.82, 2.24) is 20.0 Å². The summed E-state index contributed by atoms with van der Waals surface area (Å²) in [7, 11) is 0. The van der Waals surface area contributed by atoms with E-state index in [1.54, 1.807) is 59.7 Å². The Labute approximate surface area is 257 Å². The number of alkyl halides is 4. The van der Waals surface area contributed by atoms with Crippen LogP contribution in [0.4, 0.5) is 32.8 Å². The predicted octanol–water partition coefficient (Wildman–Crippen LogP) is 6.76. The summed E-state index contributed by atoms with van der Waals surface area (Å²) in [5, 5.41) is 8.80. The molecule has 242 valence electrons. The number of nitrogens with zero attached hydrogens (tertiary/aromatic N) is 3. The molecule has 0 radical (unpaired) electrons. The van der Waals surface area contributed by atoms with E-state index in [-0.39, 0.29) is 30.9 Å². The van der Waals surface area contributed by atoms with Gasteiger partial charge < -0.3 is 20.1 Å². The number of rotatable bonds is 5. The highest BCUT2D eigenvalue weighted by Crippen LogP contribution is 2.31. The lowest BCUT2D eigenvalue weighted by Gasteiger charge is -2.33. The van der Waals surface area contributed by atoms with Crippen molar-refractivity contribution in [2.24, 2.45) is 0 Å². The molecular weight excluding hydrogens is 598 g/mol. The van der Waals surface area contributed by atoms with Crippen LogP contribution in [-0.2, 0) is 35.2 Å². The summed E-state index contributed by atoms with van der Waals surface area (Å²) in [5.41, 5.74) is -1.17. The van der Waals surface area contributed by atoms with Gasteiger partial charge in [-0.05, 0) is 82.5 Å². The van der Waals surface area contributed by atoms with Crippen LogP contribution in [-0.4, -0.2) is 50.3 Å². The summed E-state index contributed by atoms with van der Waals surface area (Å²) in [4.78, 5) is 38.8. The molecule has 1 unspecified atom stereocenters. The first-order valence-electron chi connectivity index (χ1n) is 14.1. The second kappa shape index (κ2) is 12.4. The van der Waals surface area contributed by atoms with Crippen LogP contribution in [0.15, 0.2) is 48.5 Å². The van der Waals surface area contributed by atoms with Crippen molar-refractivity contribution in [3.8, 4) is 5.69 Å². The maximum absolute atomic E-state index is 15.0. The Morgan fingerprint density at radius 3 is 2.27 bits per heavy atom. The third kappa shape index (κ3) is 8.73. The van der Waals surface area contributed by atoms with E-state index in [1.807, 2.05) is 0 Å². The lowest BCUT2D eigenvalue weighted by Crippen LogP contribution is -2.44. The highest BCUT2D eigenvalue weighted by molar-refractivity contribution is 6.03. The lowest BCUT2D eigenvalue weighted by atomic mass is 9.98. The third-order valence-electron chi connectivity index (χ3n) is 6.38. The zero-order valence-electron chi connectivity index (χ0n) is 25.7. The van der Waals surface area contributed by atoms with Crippen LogP contribution in [0.1, 0.15) is 74.4 Å². The van der Waals surface area contributed by atoms with Gasteiger partial charge in [0.2, 0.25) is 0 Å². The van der Waals surface area contributed by atoms with Gasteiger partial charge in [0.25, 0.3) is 5.91 Å². The number of benzene rings is 2. The Morgan fingerprint density at radius 1 is 0.933 bits per heavy atom. The van der Waals surface area contributed by atoms with Crippen molar-refractivity contribution in [2.45, 2.75) is 84.7 Å². The number of aromatic nitrogens is 2. The molecule has 1 aliphatic heterocycles. The van der Waals surface area contributed by atoms with Gasteiger partial charge in [-0.1, -0.05) is 18.2 Å². The van der Waals surface area contributed by atoms with Crippen LogP contribution in [0.25, 0.3) is 5.69 Å². The molecule has 1 atom stereocenters. The van der Waals surface area contributed by atoms with Crippen LogP contribution in [0.3, 0.4) is 0 Å². The number of fused-ring (bicyclic) bond motifs is 1. The third-order valence-corrected chi connectivity index (χ3v) is 6.38. The zero-order valence-corrected chi connectivity index (χ0v) is 25.7. The van der Waals surface area contributed by atoms with Gasteiger partial charge in [0.15, 0.2) is 12.0 Å². The SMILES string of the molecule is CC(C)(C)OC(=O)NCc1cccc(-n2nc(C(F)(F)F)cc2C(=O)Nc2ccc3c(c2)CC(F)N(C(=O)OC(C)(C)C)C3)c1. The number of nitrogens with one attached hydrogen (secondary N) is 2. The van der Waals surface area contributed by atoms with Crippen molar-refractivity contribution in [1.29, 1.82) is 0 Å². The maximum atomic E-state index is 15.0. The average molecular weight is 634 g/mol. The fourth-order valence-electron chi connectivity index (χ4n) is 4.48. The Hall–Kier alpha value is -4.62. The first kappa shape index (κ1) is 33.3. The Kier molecular flexibility index (Phi) is 9.17. The monoisotopic (exact) mass is 633 g/mol. The number of alkyl carbamates (subject to hydrolysis) is 1. The number of anilines is 1. The molecule has 1 aliphatic rings. The summed E-state index contributed by atoms with van der Waals surface area (Å²) in [5.74, 6) is -0.891. The molecule has 2 N–H and O–H groups in total. The molecule has 0 bridgehead atoms. The number of carbonyl (C=O) groups is 3. The second-order valence-corrected chi connectivity index (χ2v) is 12.5. The standard InChI is InChI=1S/C31H35F4N5O5/c1-29(2,3)44-27(42)36-16-18-8-7-9-22(12-18)40-23(15-24(38-40)31(33,34)35)26(41)37-21-11-10-19-17-39(25(32)14-20(19)13-21)28(43)45-30(4,5)6/h7-13,15,25H,14,16-17H2,1-6H3,(H,36,42)(H,37,41). The van der Waals surface area contributed by atoms with Crippen molar-refractivity contribution < 1.29 is 41.4 Å². The molecule has 2 aromatic carbocycles. The van der Waals surface area contributed by atoms with Gasteiger partial charge in [-0.2, -0.15) is 18.3 Å². The molecule has 3 aromatic rings. The molecule has 4 rings (SSSR count). The minimum absolute atomic E-state index is 0.00767. The van der Waals surface area contributed by atoms with Gasteiger partial charge in [0.05, 0.1) is 12.2 Å². The highest BCUT2D eigenvalue weighted by Gasteiger charge is 2.37. The van der Waals surface area contributed by atoms with E-state index in [9.17, 15) is 31.9 Å². The van der Waals surface area contributed by atoms with E-state index in [1.165, 1.54) is 24.3 Å². The van der Waals surface area contributed by atoms with Gasteiger partial charge in [0.1, 0.15) is 16.9 Å². The first-order chi connectivity index (χ1) is 20.8. The van der Waals surface area contributed by atoms with Gasteiger partial charge in [0, 0.05) is 24.7 Å². The molecule has 10 nitrogen and oxygen atoms in total. The second-order valence-electron chi connectivity index (χ2n) is 12.5. The molecular formula is C31H35F4N5O5. The van der Waals surface area contributed by atoms with Crippen LogP contribution < -0.4 is 10.6 Å². The summed E-state index contributed by atoms with van der Waals surface area (Å²) in [6.45, 7) is 10.1. The van der Waals surface area contributed by atoms with Crippen LogP contribution >= 0.6 is 0 Å². The minimum atomic E-state index is -4.84. The molecule has 0 fully saturated rings. The average Bonchev–Trinajstić information content (AvgIpc) is 3.36. The number of hydrogen-bond donors (Lipinski definition) is 2. The van der Waals surface area contributed by atoms with Crippen molar-refractivity contribution in [3.05, 3.63) is 76.6 Å². The number of halogens is 4. The summed E-state index contributed by atoms with van der Waals surface area (Å²) < 4.78 is 67.3. The molecule has 14 heteroatoms. The maximum Gasteiger partial charge on any atom is 0.435 e. The normalized spacial score (nSPS) is 15.2.